The monoisotopic (exact) mass is 671 g/mol. The highest BCUT2D eigenvalue weighted by atomic mass is 32.1. The molecule has 6 aromatic heterocycles. The van der Waals surface area contributed by atoms with Gasteiger partial charge in [-0.3, -0.25) is 17.9 Å². The molecule has 0 aliphatic carbocycles. The number of rotatable bonds is 3. The summed E-state index contributed by atoms with van der Waals surface area (Å²) in [5.41, 5.74) is 13.0. The van der Waals surface area contributed by atoms with E-state index in [1.807, 2.05) is 12.3 Å². The summed E-state index contributed by atoms with van der Waals surface area (Å²) in [7, 11) is 0. The van der Waals surface area contributed by atoms with E-state index in [4.69, 9.17) is 15.0 Å². The fraction of sp³-hybridized carbons (Fsp3) is 0. The maximum atomic E-state index is 5.22. The molecule has 0 radical (unpaired) electrons. The lowest BCUT2D eigenvalue weighted by Gasteiger charge is -2.09. The number of benzene rings is 6. The summed E-state index contributed by atoms with van der Waals surface area (Å²) >= 11 is 1.74. The van der Waals surface area contributed by atoms with Crippen molar-refractivity contribution in [3.63, 3.8) is 0 Å². The first-order chi connectivity index (χ1) is 25.3. The Hall–Kier alpha value is -6.77. The number of hydrogen-bond acceptors (Lipinski definition) is 4. The Bertz CT molecular complexity index is 3380. The number of imidazole rings is 4. The van der Waals surface area contributed by atoms with Crippen LogP contribution >= 0.6 is 11.3 Å². The Morgan fingerprint density at radius 1 is 0.451 bits per heavy atom. The Kier molecular flexibility index (Phi) is 5.26. The van der Waals surface area contributed by atoms with Gasteiger partial charge in [-0.2, -0.15) is 0 Å². The summed E-state index contributed by atoms with van der Waals surface area (Å²) in [4.78, 5) is 16.1. The van der Waals surface area contributed by atoms with Crippen molar-refractivity contribution in [2.45, 2.75) is 0 Å². The fourth-order valence-electron chi connectivity index (χ4n) is 8.02. The van der Waals surface area contributed by atoms with Crippen LogP contribution in [0.25, 0.3) is 98.5 Å². The molecule has 12 aromatic rings. The van der Waals surface area contributed by atoms with Crippen LogP contribution in [-0.4, -0.2) is 32.9 Å². The van der Waals surface area contributed by atoms with E-state index in [9.17, 15) is 0 Å². The molecule has 0 aliphatic heterocycles. The van der Waals surface area contributed by atoms with Gasteiger partial charge in [0.1, 0.15) is 4.83 Å². The summed E-state index contributed by atoms with van der Waals surface area (Å²) < 4.78 is 10.4. The van der Waals surface area contributed by atoms with E-state index < -0.39 is 0 Å². The van der Waals surface area contributed by atoms with Crippen LogP contribution < -0.4 is 0 Å². The van der Waals surface area contributed by atoms with Crippen LogP contribution in [0.3, 0.4) is 0 Å². The standard InChI is InChI=1S/C43H25N7S/c1-2-10-28(11-3-1)47-35-21-19-26(24-38(35)48-33-16-6-4-14-31(33)45-42(47)48)27-20-22-36-39(25-27)49-34-17-7-5-15-32(34)46-43(49)50(36)37-18-8-12-29-30-13-9-23-44-41(30)51-40(29)37/h1-25H. The molecule has 0 saturated carbocycles. The Labute approximate surface area is 293 Å². The number of fused-ring (bicyclic) bond motifs is 13. The molecule has 0 amide bonds. The Morgan fingerprint density at radius 2 is 1.06 bits per heavy atom. The summed E-state index contributed by atoms with van der Waals surface area (Å²) in [5.74, 6) is 1.79. The van der Waals surface area contributed by atoms with Gasteiger partial charge in [-0.15, -0.1) is 11.3 Å². The second-order valence-corrected chi connectivity index (χ2v) is 14.0. The fourth-order valence-corrected chi connectivity index (χ4v) is 9.17. The molecular formula is C43H25N7S. The largest absolute Gasteiger partial charge is 0.278 e. The molecule has 0 aliphatic rings. The van der Waals surface area contributed by atoms with E-state index in [1.165, 1.54) is 15.5 Å². The number of thiophene rings is 1. The number of hydrogen-bond donors (Lipinski definition) is 0. The van der Waals surface area contributed by atoms with E-state index in [2.05, 4.69) is 157 Å². The van der Waals surface area contributed by atoms with Crippen LogP contribution in [0.2, 0.25) is 0 Å². The molecule has 7 nitrogen and oxygen atoms in total. The van der Waals surface area contributed by atoms with E-state index in [0.29, 0.717) is 0 Å². The number of pyridine rings is 1. The second kappa shape index (κ2) is 9.90. The highest BCUT2D eigenvalue weighted by molar-refractivity contribution is 7.25. The van der Waals surface area contributed by atoms with E-state index >= 15 is 0 Å². The third-order valence-corrected chi connectivity index (χ3v) is 11.4. The van der Waals surface area contributed by atoms with Crippen molar-refractivity contribution >= 4 is 87.3 Å². The molecule has 238 valence electrons. The molecule has 6 aromatic carbocycles. The third-order valence-electron chi connectivity index (χ3n) is 10.2. The third kappa shape index (κ3) is 3.63. The molecule has 0 N–H and O–H groups in total. The number of aromatic nitrogens is 7. The average Bonchev–Trinajstić information content (AvgIpc) is 3.98. The molecule has 0 spiro atoms. The zero-order valence-corrected chi connectivity index (χ0v) is 27.8. The van der Waals surface area contributed by atoms with Gasteiger partial charge in [0.15, 0.2) is 0 Å². The number of nitrogens with zero attached hydrogens (tertiary/aromatic N) is 7. The van der Waals surface area contributed by atoms with Gasteiger partial charge < -0.3 is 0 Å². The van der Waals surface area contributed by atoms with Crippen LogP contribution in [0, 0.1) is 0 Å². The molecule has 51 heavy (non-hydrogen) atoms. The summed E-state index contributed by atoms with van der Waals surface area (Å²) in [6.07, 6.45) is 1.87. The normalized spacial score (nSPS) is 12.3. The quantitative estimate of drug-likeness (QED) is 0.188. The first-order valence-corrected chi connectivity index (χ1v) is 17.8. The summed E-state index contributed by atoms with van der Waals surface area (Å²) in [5, 5.41) is 2.39. The van der Waals surface area contributed by atoms with E-state index in [0.717, 1.165) is 83.0 Å². The smallest absolute Gasteiger partial charge is 0.220 e. The van der Waals surface area contributed by atoms with Crippen LogP contribution in [0.5, 0.6) is 0 Å². The van der Waals surface area contributed by atoms with Crippen molar-refractivity contribution in [1.29, 1.82) is 0 Å². The van der Waals surface area contributed by atoms with Gasteiger partial charge in [0.05, 0.1) is 54.5 Å². The lowest BCUT2D eigenvalue weighted by Crippen LogP contribution is -1.95. The summed E-state index contributed by atoms with van der Waals surface area (Å²) in [6.45, 7) is 0. The Balaban J connectivity index is 1.14. The molecule has 0 fully saturated rings. The molecular weight excluding hydrogens is 647 g/mol. The average molecular weight is 672 g/mol. The van der Waals surface area contributed by atoms with Gasteiger partial charge in [-0.1, -0.05) is 66.7 Å². The maximum absolute atomic E-state index is 5.22. The molecule has 0 saturated heterocycles. The molecule has 8 heteroatoms. The van der Waals surface area contributed by atoms with Crippen LogP contribution in [0.4, 0.5) is 0 Å². The lowest BCUT2D eigenvalue weighted by molar-refractivity contribution is 1.11. The van der Waals surface area contributed by atoms with Crippen molar-refractivity contribution < 1.29 is 0 Å². The number of para-hydroxylation sites is 5. The minimum Gasteiger partial charge on any atom is -0.278 e. The first kappa shape index (κ1) is 27.1. The van der Waals surface area contributed by atoms with Gasteiger partial charge in [-0.25, -0.2) is 15.0 Å². The van der Waals surface area contributed by atoms with Gasteiger partial charge in [0, 0.05) is 22.7 Å². The summed E-state index contributed by atoms with van der Waals surface area (Å²) in [6, 6.07) is 51.6. The van der Waals surface area contributed by atoms with Crippen molar-refractivity contribution in [3.05, 3.63) is 152 Å². The molecule has 0 unspecified atom stereocenters. The molecule has 6 heterocycles. The SMILES string of the molecule is c1ccc(-n2c3ccc(-c4ccc5c(c4)n4c6ccccc6nc4n5-c4cccc5c4sc4ncccc45)cc3n3c4ccccc4nc23)cc1. The molecule has 12 rings (SSSR count). The highest BCUT2D eigenvalue weighted by Crippen LogP contribution is 2.40. The van der Waals surface area contributed by atoms with Crippen LogP contribution in [0.1, 0.15) is 0 Å². The Morgan fingerprint density at radius 3 is 1.76 bits per heavy atom. The topological polar surface area (TPSA) is 57.3 Å². The molecule has 0 atom stereocenters. The second-order valence-electron chi connectivity index (χ2n) is 13.0. The van der Waals surface area contributed by atoms with Gasteiger partial charge in [0.25, 0.3) is 0 Å². The zero-order valence-electron chi connectivity index (χ0n) is 27.0. The van der Waals surface area contributed by atoms with Crippen molar-refractivity contribution in [2.75, 3.05) is 0 Å². The maximum Gasteiger partial charge on any atom is 0.220 e. The van der Waals surface area contributed by atoms with Crippen molar-refractivity contribution in [1.82, 2.24) is 32.9 Å². The predicted octanol–water partition coefficient (Wildman–Crippen LogP) is 10.6. The minimum atomic E-state index is 0.892. The van der Waals surface area contributed by atoms with Crippen LogP contribution in [-0.2, 0) is 0 Å². The molecule has 0 bridgehead atoms. The lowest BCUT2D eigenvalue weighted by atomic mass is 10.0. The zero-order chi connectivity index (χ0) is 33.2. The highest BCUT2D eigenvalue weighted by Gasteiger charge is 2.22. The first-order valence-electron chi connectivity index (χ1n) is 17.0. The van der Waals surface area contributed by atoms with Crippen molar-refractivity contribution in [2.24, 2.45) is 0 Å². The van der Waals surface area contributed by atoms with E-state index in [-0.39, 0.29) is 0 Å². The van der Waals surface area contributed by atoms with E-state index in [1.54, 1.807) is 11.3 Å². The van der Waals surface area contributed by atoms with Gasteiger partial charge in [0.2, 0.25) is 11.6 Å². The van der Waals surface area contributed by atoms with Gasteiger partial charge in [-0.05, 0) is 90.0 Å². The van der Waals surface area contributed by atoms with Crippen LogP contribution in [0.15, 0.2) is 152 Å². The predicted molar refractivity (Wildman–Crippen MR) is 209 cm³/mol. The van der Waals surface area contributed by atoms with Gasteiger partial charge >= 0.3 is 0 Å². The van der Waals surface area contributed by atoms with Crippen molar-refractivity contribution in [3.8, 4) is 22.5 Å². The minimum absolute atomic E-state index is 0.892.